The molecule has 0 atom stereocenters. The Balaban J connectivity index is 2.27. The van der Waals surface area contributed by atoms with E-state index in [1.165, 1.54) is 6.20 Å². The molecule has 1 heterocycles. The minimum absolute atomic E-state index is 0.0115. The van der Waals surface area contributed by atoms with Crippen LogP contribution in [0.1, 0.15) is 12.8 Å². The van der Waals surface area contributed by atoms with Crippen molar-refractivity contribution in [2.45, 2.75) is 12.8 Å². The Hall–Kier alpha value is -2.79. The Labute approximate surface area is 111 Å². The normalized spacial score (nSPS) is 13.6. The summed E-state index contributed by atoms with van der Waals surface area (Å²) >= 11 is 0. The Morgan fingerprint density at radius 3 is 2.68 bits per heavy atom. The summed E-state index contributed by atoms with van der Waals surface area (Å²) < 4.78 is 0. The lowest BCUT2D eigenvalue weighted by atomic mass is 10.2. The topological polar surface area (TPSA) is 79.9 Å². The van der Waals surface area contributed by atoms with Gasteiger partial charge in [0.2, 0.25) is 5.91 Å². The molecule has 0 spiro atoms. The van der Waals surface area contributed by atoms with Crippen molar-refractivity contribution < 1.29 is 4.79 Å². The maximum Gasteiger partial charge on any atom is 0.227 e. The van der Waals surface area contributed by atoms with Crippen LogP contribution in [-0.4, -0.2) is 12.5 Å². The van der Waals surface area contributed by atoms with Gasteiger partial charge >= 0.3 is 0 Å². The zero-order chi connectivity index (χ0) is 13.7. The molecule has 1 aromatic carbocycles. The van der Waals surface area contributed by atoms with Crippen molar-refractivity contribution in [1.82, 2.24) is 0 Å². The monoisotopic (exact) mass is 252 g/mol. The quantitative estimate of drug-likeness (QED) is 0.836. The van der Waals surface area contributed by atoms with Crippen LogP contribution in [0.5, 0.6) is 0 Å². The molecule has 0 bridgehead atoms. The average molecular weight is 252 g/mol. The molecule has 0 radical (unpaired) electrons. The van der Waals surface area contributed by atoms with Gasteiger partial charge in [-0.2, -0.15) is 10.5 Å². The predicted octanol–water partition coefficient (Wildman–Crippen LogP) is 2.16. The third-order valence-corrected chi connectivity index (χ3v) is 2.88. The molecule has 1 aliphatic rings. The summed E-state index contributed by atoms with van der Waals surface area (Å²) in [7, 11) is 0. The number of rotatable bonds is 3. The third kappa shape index (κ3) is 2.72. The summed E-state index contributed by atoms with van der Waals surface area (Å²) in [6.07, 6.45) is 2.76. The smallest absolute Gasteiger partial charge is 0.227 e. The fourth-order valence-corrected chi connectivity index (χ4v) is 1.97. The first-order valence-electron chi connectivity index (χ1n) is 5.92. The summed E-state index contributed by atoms with van der Waals surface area (Å²) in [6.45, 7) is 0.699. The van der Waals surface area contributed by atoms with Gasteiger partial charge in [0.05, 0.1) is 11.4 Å². The molecule has 5 heteroatoms. The van der Waals surface area contributed by atoms with Crippen LogP contribution in [0.15, 0.2) is 36.0 Å². The highest BCUT2D eigenvalue weighted by atomic mass is 16.2. The summed E-state index contributed by atoms with van der Waals surface area (Å²) in [4.78, 5) is 13.5. The molecule has 5 nitrogen and oxygen atoms in total. The van der Waals surface area contributed by atoms with E-state index in [-0.39, 0.29) is 11.5 Å². The van der Waals surface area contributed by atoms with Gasteiger partial charge in [0.25, 0.3) is 0 Å². The first-order chi connectivity index (χ1) is 9.26. The number of amides is 1. The number of anilines is 2. The van der Waals surface area contributed by atoms with Crippen LogP contribution in [-0.2, 0) is 4.79 Å². The van der Waals surface area contributed by atoms with Crippen molar-refractivity contribution in [3.63, 3.8) is 0 Å². The Morgan fingerprint density at radius 2 is 2.05 bits per heavy atom. The van der Waals surface area contributed by atoms with Crippen molar-refractivity contribution in [2.24, 2.45) is 0 Å². The van der Waals surface area contributed by atoms with E-state index in [9.17, 15) is 4.79 Å². The van der Waals surface area contributed by atoms with E-state index in [1.807, 2.05) is 24.3 Å². The molecule has 19 heavy (non-hydrogen) atoms. The van der Waals surface area contributed by atoms with Crippen molar-refractivity contribution in [2.75, 3.05) is 16.8 Å². The van der Waals surface area contributed by atoms with Gasteiger partial charge in [-0.1, -0.05) is 12.1 Å². The molecule has 0 unspecified atom stereocenters. The molecule has 1 N–H and O–H groups in total. The number of nitrogens with one attached hydrogen (secondary N) is 1. The maximum atomic E-state index is 11.8. The number of nitrogens with zero attached hydrogens (tertiary/aromatic N) is 3. The van der Waals surface area contributed by atoms with Gasteiger partial charge in [-0.15, -0.1) is 0 Å². The molecular formula is C14H12N4O. The highest BCUT2D eigenvalue weighted by molar-refractivity contribution is 5.98. The number of carbonyl (C=O) groups excluding carboxylic acids is 1. The third-order valence-electron chi connectivity index (χ3n) is 2.88. The Kier molecular flexibility index (Phi) is 3.80. The standard InChI is InChI=1S/C14H12N4O/c15-8-11(9-16)10-17-12-4-1-2-5-13(12)18-7-3-6-14(18)19/h1-2,4-5,10,17H,3,6-7H2. The fraction of sp³-hybridized carbons (Fsp3) is 0.214. The van der Waals surface area contributed by atoms with E-state index >= 15 is 0 Å². The molecule has 1 aromatic rings. The molecule has 0 saturated carbocycles. The lowest BCUT2D eigenvalue weighted by Gasteiger charge is -2.19. The van der Waals surface area contributed by atoms with Gasteiger partial charge in [-0.25, -0.2) is 0 Å². The average Bonchev–Trinajstić information content (AvgIpc) is 2.86. The summed E-state index contributed by atoms with van der Waals surface area (Å²) in [5.41, 5.74) is 1.47. The van der Waals surface area contributed by atoms with Crippen LogP contribution in [0, 0.1) is 22.7 Å². The van der Waals surface area contributed by atoms with E-state index < -0.39 is 0 Å². The molecule has 1 fully saturated rings. The minimum Gasteiger partial charge on any atom is -0.358 e. The van der Waals surface area contributed by atoms with Gasteiger partial charge < -0.3 is 10.2 Å². The van der Waals surface area contributed by atoms with Crippen LogP contribution in [0.4, 0.5) is 11.4 Å². The molecule has 1 amide bonds. The van der Waals surface area contributed by atoms with Gasteiger partial charge in [-0.3, -0.25) is 4.79 Å². The van der Waals surface area contributed by atoms with Crippen LogP contribution < -0.4 is 10.2 Å². The predicted molar refractivity (Wildman–Crippen MR) is 71.0 cm³/mol. The van der Waals surface area contributed by atoms with Gasteiger partial charge in [0, 0.05) is 19.2 Å². The van der Waals surface area contributed by atoms with Crippen LogP contribution in [0.25, 0.3) is 0 Å². The van der Waals surface area contributed by atoms with Crippen molar-refractivity contribution in [3.8, 4) is 12.1 Å². The molecule has 1 aliphatic heterocycles. The number of para-hydroxylation sites is 2. The number of hydrogen-bond donors (Lipinski definition) is 1. The lowest BCUT2D eigenvalue weighted by Crippen LogP contribution is -2.24. The highest BCUT2D eigenvalue weighted by Gasteiger charge is 2.23. The molecule has 0 aromatic heterocycles. The van der Waals surface area contributed by atoms with Crippen molar-refractivity contribution >= 4 is 17.3 Å². The van der Waals surface area contributed by atoms with E-state index in [0.29, 0.717) is 18.7 Å². The van der Waals surface area contributed by atoms with Crippen molar-refractivity contribution in [1.29, 1.82) is 10.5 Å². The Morgan fingerprint density at radius 1 is 1.32 bits per heavy atom. The fourth-order valence-electron chi connectivity index (χ4n) is 1.97. The lowest BCUT2D eigenvalue weighted by molar-refractivity contribution is -0.117. The SMILES string of the molecule is N#CC(C#N)=CNc1ccccc1N1CCCC1=O. The second kappa shape index (κ2) is 5.70. The molecule has 0 aliphatic carbocycles. The molecule has 94 valence electrons. The van der Waals surface area contributed by atoms with E-state index in [4.69, 9.17) is 10.5 Å². The summed E-state index contributed by atoms with van der Waals surface area (Å²) in [6, 6.07) is 10.9. The van der Waals surface area contributed by atoms with Crippen molar-refractivity contribution in [3.05, 3.63) is 36.0 Å². The van der Waals surface area contributed by atoms with E-state index in [0.717, 1.165) is 12.1 Å². The first-order valence-corrected chi connectivity index (χ1v) is 5.92. The summed E-state index contributed by atoms with van der Waals surface area (Å²) in [5, 5.41) is 20.3. The van der Waals surface area contributed by atoms with Gasteiger partial charge in [0.15, 0.2) is 0 Å². The number of allylic oxidation sites excluding steroid dienone is 1. The summed E-state index contributed by atoms with van der Waals surface area (Å²) in [5.74, 6) is 0.0963. The van der Waals surface area contributed by atoms with Gasteiger partial charge in [-0.05, 0) is 18.6 Å². The second-order valence-electron chi connectivity index (χ2n) is 4.09. The van der Waals surface area contributed by atoms with Crippen LogP contribution in [0.3, 0.4) is 0 Å². The Bertz CT molecular complexity index is 591. The van der Waals surface area contributed by atoms with E-state index in [1.54, 1.807) is 17.0 Å². The number of benzene rings is 1. The largest absolute Gasteiger partial charge is 0.358 e. The zero-order valence-corrected chi connectivity index (χ0v) is 10.3. The number of nitriles is 2. The second-order valence-corrected chi connectivity index (χ2v) is 4.09. The number of carbonyl (C=O) groups is 1. The molecule has 2 rings (SSSR count). The van der Waals surface area contributed by atoms with Crippen LogP contribution in [0.2, 0.25) is 0 Å². The highest BCUT2D eigenvalue weighted by Crippen LogP contribution is 2.29. The number of hydrogen-bond acceptors (Lipinski definition) is 4. The zero-order valence-electron chi connectivity index (χ0n) is 10.3. The van der Waals surface area contributed by atoms with Crippen LogP contribution >= 0.6 is 0 Å². The minimum atomic E-state index is -0.0115. The molecular weight excluding hydrogens is 240 g/mol. The molecule has 1 saturated heterocycles. The first kappa shape index (κ1) is 12.7. The van der Waals surface area contributed by atoms with Gasteiger partial charge in [0.1, 0.15) is 17.7 Å². The van der Waals surface area contributed by atoms with E-state index in [2.05, 4.69) is 5.32 Å². The maximum absolute atomic E-state index is 11.8.